The van der Waals surface area contributed by atoms with Crippen molar-refractivity contribution in [2.75, 3.05) is 6.79 Å². The van der Waals surface area contributed by atoms with Crippen LogP contribution in [0, 0.1) is 6.92 Å². The van der Waals surface area contributed by atoms with Crippen molar-refractivity contribution >= 4 is 5.97 Å². The fourth-order valence-electron chi connectivity index (χ4n) is 1.67. The van der Waals surface area contributed by atoms with Gasteiger partial charge in [-0.15, -0.1) is 0 Å². The lowest BCUT2D eigenvalue weighted by Crippen LogP contribution is -2.32. The van der Waals surface area contributed by atoms with Crippen molar-refractivity contribution in [3.8, 4) is 11.5 Å². The van der Waals surface area contributed by atoms with E-state index in [0.717, 1.165) is 11.1 Å². The average Bonchev–Trinajstić information content (AvgIpc) is 2.71. The first-order chi connectivity index (χ1) is 7.59. The van der Waals surface area contributed by atoms with Crippen LogP contribution in [0.1, 0.15) is 11.1 Å². The zero-order valence-corrected chi connectivity index (χ0v) is 8.90. The second-order valence-corrected chi connectivity index (χ2v) is 3.76. The summed E-state index contributed by atoms with van der Waals surface area (Å²) in [5, 5.41) is 8.75. The van der Waals surface area contributed by atoms with Crippen molar-refractivity contribution in [1.82, 2.24) is 0 Å². The Kier molecular flexibility index (Phi) is 2.70. The van der Waals surface area contributed by atoms with E-state index >= 15 is 0 Å². The lowest BCUT2D eigenvalue weighted by molar-refractivity contribution is -0.138. The van der Waals surface area contributed by atoms with Crippen molar-refractivity contribution in [2.45, 2.75) is 19.4 Å². The van der Waals surface area contributed by atoms with Gasteiger partial charge in [0, 0.05) is 12.0 Å². The van der Waals surface area contributed by atoms with E-state index in [4.69, 9.17) is 20.3 Å². The van der Waals surface area contributed by atoms with Crippen LogP contribution in [0.15, 0.2) is 12.1 Å². The molecule has 0 radical (unpaired) electrons. The number of hydrogen-bond donors (Lipinski definition) is 2. The molecule has 5 nitrogen and oxygen atoms in total. The van der Waals surface area contributed by atoms with E-state index in [0.29, 0.717) is 11.5 Å². The van der Waals surface area contributed by atoms with Gasteiger partial charge in [0.05, 0.1) is 0 Å². The molecule has 0 spiro atoms. The Morgan fingerprint density at radius 1 is 1.50 bits per heavy atom. The number of aliphatic carboxylic acids is 1. The monoisotopic (exact) mass is 223 g/mol. The third-order valence-corrected chi connectivity index (χ3v) is 2.55. The van der Waals surface area contributed by atoms with Crippen molar-refractivity contribution < 1.29 is 19.4 Å². The highest BCUT2D eigenvalue weighted by Gasteiger charge is 2.22. The molecule has 86 valence electrons. The number of carboxylic acid groups (broad SMARTS) is 1. The summed E-state index contributed by atoms with van der Waals surface area (Å²) in [4.78, 5) is 10.7. The van der Waals surface area contributed by atoms with Gasteiger partial charge in [0.2, 0.25) is 6.79 Å². The molecule has 1 unspecified atom stereocenters. The van der Waals surface area contributed by atoms with E-state index < -0.39 is 12.0 Å². The molecule has 0 aliphatic carbocycles. The minimum absolute atomic E-state index is 0.176. The molecule has 0 saturated carbocycles. The van der Waals surface area contributed by atoms with Gasteiger partial charge in [0.15, 0.2) is 11.5 Å². The number of nitrogens with two attached hydrogens (primary N) is 1. The summed E-state index contributed by atoms with van der Waals surface area (Å²) < 4.78 is 10.6. The van der Waals surface area contributed by atoms with Gasteiger partial charge >= 0.3 is 5.97 Å². The standard InChI is InChI=1S/C11H13NO4/c1-6-2-3-7(4-8(12)11(13)14)10-9(6)15-5-16-10/h2-3,8H,4-5,12H2,1H3,(H,13,14). The number of carboxylic acids is 1. The van der Waals surface area contributed by atoms with Gasteiger partial charge in [0.25, 0.3) is 0 Å². The first-order valence-corrected chi connectivity index (χ1v) is 4.96. The van der Waals surface area contributed by atoms with Crippen molar-refractivity contribution in [3.05, 3.63) is 23.3 Å². The molecule has 2 rings (SSSR count). The molecule has 0 bridgehead atoms. The maximum absolute atomic E-state index is 10.7. The number of hydrogen-bond acceptors (Lipinski definition) is 4. The number of benzene rings is 1. The number of ether oxygens (including phenoxy) is 2. The quantitative estimate of drug-likeness (QED) is 0.787. The Labute approximate surface area is 92.8 Å². The zero-order chi connectivity index (χ0) is 11.7. The van der Waals surface area contributed by atoms with Crippen LogP contribution in [0.25, 0.3) is 0 Å². The molecular weight excluding hydrogens is 210 g/mol. The summed E-state index contributed by atoms with van der Waals surface area (Å²) in [5.41, 5.74) is 7.23. The average molecular weight is 223 g/mol. The summed E-state index contributed by atoms with van der Waals surface area (Å²) in [6.07, 6.45) is 0.237. The summed E-state index contributed by atoms with van der Waals surface area (Å²) in [6, 6.07) is 2.78. The van der Waals surface area contributed by atoms with Crippen LogP contribution in [-0.4, -0.2) is 23.9 Å². The van der Waals surface area contributed by atoms with E-state index in [-0.39, 0.29) is 13.2 Å². The molecule has 3 N–H and O–H groups in total. The van der Waals surface area contributed by atoms with Crippen LogP contribution in [-0.2, 0) is 11.2 Å². The molecule has 16 heavy (non-hydrogen) atoms. The Morgan fingerprint density at radius 2 is 2.19 bits per heavy atom. The summed E-state index contributed by atoms with van der Waals surface area (Å²) in [7, 11) is 0. The second kappa shape index (κ2) is 4.02. The molecule has 0 fully saturated rings. The Hall–Kier alpha value is -1.75. The van der Waals surface area contributed by atoms with Crippen LogP contribution >= 0.6 is 0 Å². The first kappa shape index (κ1) is 10.8. The normalized spacial score (nSPS) is 14.9. The van der Waals surface area contributed by atoms with Gasteiger partial charge in [0.1, 0.15) is 6.04 Å². The smallest absolute Gasteiger partial charge is 0.320 e. The Bertz CT molecular complexity index is 430. The van der Waals surface area contributed by atoms with E-state index in [2.05, 4.69) is 0 Å². The SMILES string of the molecule is Cc1ccc(CC(N)C(=O)O)c2c1OCO2. The van der Waals surface area contributed by atoms with Gasteiger partial charge in [-0.1, -0.05) is 12.1 Å². The molecule has 0 aromatic heterocycles. The number of carbonyl (C=O) groups is 1. The highest BCUT2D eigenvalue weighted by Crippen LogP contribution is 2.38. The topological polar surface area (TPSA) is 81.8 Å². The summed E-state index contributed by atoms with van der Waals surface area (Å²) >= 11 is 0. The van der Waals surface area contributed by atoms with Gasteiger partial charge in [-0.25, -0.2) is 0 Å². The van der Waals surface area contributed by atoms with E-state index in [9.17, 15) is 4.79 Å². The van der Waals surface area contributed by atoms with Crippen LogP contribution in [0.5, 0.6) is 11.5 Å². The Morgan fingerprint density at radius 3 is 2.88 bits per heavy atom. The lowest BCUT2D eigenvalue weighted by atomic mass is 10.0. The molecule has 1 aliphatic rings. The van der Waals surface area contributed by atoms with E-state index in [1.54, 1.807) is 0 Å². The molecule has 5 heteroatoms. The third-order valence-electron chi connectivity index (χ3n) is 2.55. The zero-order valence-electron chi connectivity index (χ0n) is 8.90. The highest BCUT2D eigenvalue weighted by molar-refractivity contribution is 5.74. The van der Waals surface area contributed by atoms with Gasteiger partial charge < -0.3 is 20.3 Å². The van der Waals surface area contributed by atoms with Gasteiger partial charge in [-0.3, -0.25) is 4.79 Å². The predicted octanol–water partition coefficient (Wildman–Crippen LogP) is 0.678. The molecule has 1 aromatic carbocycles. The summed E-state index contributed by atoms with van der Waals surface area (Å²) in [6.45, 7) is 2.09. The minimum Gasteiger partial charge on any atom is -0.480 e. The highest BCUT2D eigenvalue weighted by atomic mass is 16.7. The van der Waals surface area contributed by atoms with Gasteiger partial charge in [-0.2, -0.15) is 0 Å². The molecule has 0 amide bonds. The molecule has 0 saturated heterocycles. The van der Waals surface area contributed by atoms with E-state index in [1.807, 2.05) is 19.1 Å². The van der Waals surface area contributed by atoms with Crippen LogP contribution in [0.4, 0.5) is 0 Å². The number of rotatable bonds is 3. The molecule has 1 aliphatic heterocycles. The molecular formula is C11H13NO4. The second-order valence-electron chi connectivity index (χ2n) is 3.76. The van der Waals surface area contributed by atoms with Crippen molar-refractivity contribution in [3.63, 3.8) is 0 Å². The Balaban J connectivity index is 2.29. The largest absolute Gasteiger partial charge is 0.480 e. The van der Waals surface area contributed by atoms with Crippen LogP contribution in [0.2, 0.25) is 0 Å². The summed E-state index contributed by atoms with van der Waals surface area (Å²) in [5.74, 6) is 0.292. The molecule has 1 aromatic rings. The minimum atomic E-state index is -1.02. The van der Waals surface area contributed by atoms with Crippen LogP contribution in [0.3, 0.4) is 0 Å². The van der Waals surface area contributed by atoms with Crippen molar-refractivity contribution in [2.24, 2.45) is 5.73 Å². The number of aryl methyl sites for hydroxylation is 1. The first-order valence-electron chi connectivity index (χ1n) is 4.96. The van der Waals surface area contributed by atoms with E-state index in [1.165, 1.54) is 0 Å². The fourth-order valence-corrected chi connectivity index (χ4v) is 1.67. The third kappa shape index (κ3) is 1.81. The molecule has 1 atom stereocenters. The van der Waals surface area contributed by atoms with Crippen molar-refractivity contribution in [1.29, 1.82) is 0 Å². The maximum atomic E-state index is 10.7. The van der Waals surface area contributed by atoms with Gasteiger partial charge in [-0.05, 0) is 12.5 Å². The van der Waals surface area contributed by atoms with Crippen LogP contribution < -0.4 is 15.2 Å². The fraction of sp³-hybridized carbons (Fsp3) is 0.364. The predicted molar refractivity (Wildman–Crippen MR) is 56.6 cm³/mol. The maximum Gasteiger partial charge on any atom is 0.320 e. The number of fused-ring (bicyclic) bond motifs is 1. The lowest BCUT2D eigenvalue weighted by Gasteiger charge is -2.10. The molecule has 1 heterocycles.